The van der Waals surface area contributed by atoms with Crippen LogP contribution in [0, 0.1) is 5.92 Å². The molecule has 3 N–H and O–H groups in total. The predicted octanol–water partition coefficient (Wildman–Crippen LogP) is 1.22. The van der Waals surface area contributed by atoms with Crippen LogP contribution >= 0.6 is 24.0 Å². The lowest BCUT2D eigenvalue weighted by molar-refractivity contribution is -0.124. The Kier molecular flexibility index (Phi) is 11.0. The summed E-state index contributed by atoms with van der Waals surface area (Å²) >= 11 is 0. The van der Waals surface area contributed by atoms with Gasteiger partial charge in [0.25, 0.3) is 0 Å². The van der Waals surface area contributed by atoms with E-state index in [1.807, 2.05) is 0 Å². The molecule has 2 saturated heterocycles. The van der Waals surface area contributed by atoms with E-state index in [1.165, 1.54) is 43.7 Å². The van der Waals surface area contributed by atoms with Crippen molar-refractivity contribution in [1.29, 1.82) is 0 Å². The van der Waals surface area contributed by atoms with Crippen LogP contribution in [0.2, 0.25) is 0 Å². The van der Waals surface area contributed by atoms with Gasteiger partial charge in [0.1, 0.15) is 0 Å². The van der Waals surface area contributed by atoms with Crippen LogP contribution in [-0.2, 0) is 4.79 Å². The van der Waals surface area contributed by atoms with Gasteiger partial charge in [-0.2, -0.15) is 0 Å². The summed E-state index contributed by atoms with van der Waals surface area (Å²) in [6.45, 7) is 8.62. The van der Waals surface area contributed by atoms with Gasteiger partial charge in [0.15, 0.2) is 5.96 Å². The van der Waals surface area contributed by atoms with Crippen molar-refractivity contribution in [2.24, 2.45) is 10.9 Å². The number of urea groups is 1. The highest BCUT2D eigenvalue weighted by atomic mass is 127. The first kappa shape index (κ1) is 23.9. The summed E-state index contributed by atoms with van der Waals surface area (Å²) in [4.78, 5) is 31.2. The molecule has 1 unspecified atom stereocenters. The molecule has 2 heterocycles. The summed E-state index contributed by atoms with van der Waals surface area (Å²) in [6, 6.07) is 0.151. The SMILES string of the molecule is CN=C(NCCN1C(=O)CNC1=O)NCC(C(C)C)N1CCCCCC1.I. The van der Waals surface area contributed by atoms with Crippen molar-refractivity contribution in [3.63, 3.8) is 0 Å². The predicted molar refractivity (Wildman–Crippen MR) is 119 cm³/mol. The average Bonchev–Trinajstić information content (AvgIpc) is 2.82. The molecule has 3 amide bonds. The first-order chi connectivity index (χ1) is 12.5. The molecule has 0 aromatic heterocycles. The van der Waals surface area contributed by atoms with Gasteiger partial charge in [-0.05, 0) is 31.8 Å². The normalized spacial score (nSPS) is 20.1. The molecule has 0 radical (unpaired) electrons. The molecule has 27 heavy (non-hydrogen) atoms. The number of rotatable bonds is 7. The third kappa shape index (κ3) is 7.44. The van der Waals surface area contributed by atoms with E-state index in [9.17, 15) is 9.59 Å². The van der Waals surface area contributed by atoms with Gasteiger partial charge >= 0.3 is 6.03 Å². The largest absolute Gasteiger partial charge is 0.355 e. The van der Waals surface area contributed by atoms with Gasteiger partial charge in [-0.25, -0.2) is 4.79 Å². The Morgan fingerprint density at radius 2 is 1.81 bits per heavy atom. The molecule has 8 nitrogen and oxygen atoms in total. The van der Waals surface area contributed by atoms with E-state index >= 15 is 0 Å². The van der Waals surface area contributed by atoms with Gasteiger partial charge in [0.2, 0.25) is 5.91 Å². The van der Waals surface area contributed by atoms with Crippen molar-refractivity contribution >= 4 is 41.9 Å². The second-order valence-electron chi connectivity index (χ2n) is 7.35. The molecule has 156 valence electrons. The molecule has 0 spiro atoms. The Morgan fingerprint density at radius 1 is 1.15 bits per heavy atom. The molecule has 0 aromatic carbocycles. The number of guanidine groups is 1. The Morgan fingerprint density at radius 3 is 2.33 bits per heavy atom. The van der Waals surface area contributed by atoms with Crippen molar-refractivity contribution in [2.75, 3.05) is 46.3 Å². The number of amides is 3. The first-order valence-electron chi connectivity index (χ1n) is 9.79. The minimum Gasteiger partial charge on any atom is -0.355 e. The third-order valence-electron chi connectivity index (χ3n) is 5.15. The number of hydrogen-bond acceptors (Lipinski definition) is 4. The minimum absolute atomic E-state index is 0. The number of aliphatic imine (C=N–C) groups is 1. The molecule has 0 saturated carbocycles. The molecule has 2 aliphatic rings. The number of nitrogens with one attached hydrogen (secondary N) is 3. The molecule has 2 aliphatic heterocycles. The van der Waals surface area contributed by atoms with E-state index in [4.69, 9.17) is 0 Å². The number of hydrogen-bond donors (Lipinski definition) is 3. The zero-order chi connectivity index (χ0) is 18.9. The van der Waals surface area contributed by atoms with Gasteiger partial charge in [0, 0.05) is 32.7 Å². The highest BCUT2D eigenvalue weighted by molar-refractivity contribution is 14.0. The average molecular weight is 494 g/mol. The molecule has 0 bridgehead atoms. The fraction of sp³-hybridized carbons (Fsp3) is 0.833. The topological polar surface area (TPSA) is 89.1 Å². The zero-order valence-electron chi connectivity index (χ0n) is 16.8. The zero-order valence-corrected chi connectivity index (χ0v) is 19.1. The van der Waals surface area contributed by atoms with Crippen LogP contribution in [-0.4, -0.2) is 80.1 Å². The van der Waals surface area contributed by atoms with Crippen LogP contribution < -0.4 is 16.0 Å². The Labute approximate surface area is 179 Å². The molecule has 2 fully saturated rings. The molecule has 2 rings (SSSR count). The number of carbonyl (C=O) groups is 2. The van der Waals surface area contributed by atoms with E-state index < -0.39 is 0 Å². The van der Waals surface area contributed by atoms with Gasteiger partial charge in [-0.15, -0.1) is 24.0 Å². The molecule has 0 aromatic rings. The van der Waals surface area contributed by atoms with Crippen molar-refractivity contribution < 1.29 is 9.59 Å². The van der Waals surface area contributed by atoms with Crippen molar-refractivity contribution in [1.82, 2.24) is 25.8 Å². The van der Waals surface area contributed by atoms with E-state index in [0.29, 0.717) is 31.0 Å². The molecular weight excluding hydrogens is 459 g/mol. The maximum Gasteiger partial charge on any atom is 0.324 e. The number of likely N-dealkylation sites (tertiary alicyclic amines) is 1. The van der Waals surface area contributed by atoms with Crippen molar-refractivity contribution in [3.8, 4) is 0 Å². The van der Waals surface area contributed by atoms with Crippen LogP contribution in [0.4, 0.5) is 4.79 Å². The molecule has 1 atom stereocenters. The summed E-state index contributed by atoms with van der Waals surface area (Å²) in [6.07, 6.45) is 5.23. The Balaban J connectivity index is 0.00000364. The highest BCUT2D eigenvalue weighted by Gasteiger charge is 2.28. The summed E-state index contributed by atoms with van der Waals surface area (Å²) in [5.41, 5.74) is 0. The third-order valence-corrected chi connectivity index (χ3v) is 5.15. The summed E-state index contributed by atoms with van der Waals surface area (Å²) in [5.74, 6) is 1.09. The second-order valence-corrected chi connectivity index (χ2v) is 7.35. The smallest absolute Gasteiger partial charge is 0.324 e. The fourth-order valence-electron chi connectivity index (χ4n) is 3.60. The van der Waals surface area contributed by atoms with Gasteiger partial charge < -0.3 is 16.0 Å². The monoisotopic (exact) mass is 494 g/mol. The fourth-order valence-corrected chi connectivity index (χ4v) is 3.60. The van der Waals surface area contributed by atoms with E-state index in [2.05, 4.69) is 39.7 Å². The minimum atomic E-state index is -0.319. The maximum absolute atomic E-state index is 11.6. The van der Waals surface area contributed by atoms with Crippen LogP contribution in [0.1, 0.15) is 39.5 Å². The molecular formula is C18H35IN6O2. The second kappa shape index (κ2) is 12.4. The summed E-state index contributed by atoms with van der Waals surface area (Å²) < 4.78 is 0. The number of nitrogens with zero attached hydrogens (tertiary/aromatic N) is 3. The molecule has 9 heteroatoms. The summed E-state index contributed by atoms with van der Waals surface area (Å²) in [5, 5.41) is 9.13. The van der Waals surface area contributed by atoms with E-state index in [1.54, 1.807) is 7.05 Å². The van der Waals surface area contributed by atoms with E-state index in [0.717, 1.165) is 6.54 Å². The lowest BCUT2D eigenvalue weighted by Gasteiger charge is -2.34. The first-order valence-corrected chi connectivity index (χ1v) is 9.79. The van der Waals surface area contributed by atoms with E-state index in [-0.39, 0.29) is 42.5 Å². The lowest BCUT2D eigenvalue weighted by atomic mass is 10.0. The van der Waals surface area contributed by atoms with Crippen LogP contribution in [0.3, 0.4) is 0 Å². The van der Waals surface area contributed by atoms with Gasteiger partial charge in [-0.3, -0.25) is 19.6 Å². The standard InChI is InChI=1S/C18H34N6O2.HI/c1-14(2)15(23-9-6-4-5-7-10-23)12-21-17(19-3)20-8-11-24-16(25)13-22-18(24)26;/h14-15H,4-13H2,1-3H3,(H,22,26)(H2,19,20,21);1H. The van der Waals surface area contributed by atoms with Gasteiger partial charge in [0.05, 0.1) is 6.54 Å². The van der Waals surface area contributed by atoms with Crippen molar-refractivity contribution in [3.05, 3.63) is 0 Å². The van der Waals surface area contributed by atoms with Crippen LogP contribution in [0.15, 0.2) is 4.99 Å². The summed E-state index contributed by atoms with van der Waals surface area (Å²) in [7, 11) is 1.74. The van der Waals surface area contributed by atoms with Crippen molar-refractivity contribution in [2.45, 2.75) is 45.6 Å². The van der Waals surface area contributed by atoms with Crippen LogP contribution in [0.25, 0.3) is 0 Å². The van der Waals surface area contributed by atoms with Crippen LogP contribution in [0.5, 0.6) is 0 Å². The number of carbonyl (C=O) groups excluding carboxylic acids is 2. The van der Waals surface area contributed by atoms with Gasteiger partial charge in [-0.1, -0.05) is 26.7 Å². The Bertz CT molecular complexity index is 490. The molecule has 0 aliphatic carbocycles. The maximum atomic E-state index is 11.6. The Hall–Kier alpha value is -1.10. The lowest BCUT2D eigenvalue weighted by Crippen LogP contribution is -2.50. The number of halogens is 1. The number of imide groups is 1. The quantitative estimate of drug-likeness (QED) is 0.215. The highest BCUT2D eigenvalue weighted by Crippen LogP contribution is 2.17.